The largest absolute Gasteiger partial charge is 0.298 e. The Kier molecular flexibility index (Phi) is 3.09. The van der Waals surface area contributed by atoms with Gasteiger partial charge in [-0.05, 0) is 34.7 Å². The molecule has 1 aromatic carbocycles. The normalized spacial score (nSPS) is 10.7. The molecule has 0 fully saturated rings. The predicted octanol–water partition coefficient (Wildman–Crippen LogP) is 4.06. The molecular formula is C10H6ClIOS. The predicted molar refractivity (Wildman–Crippen MR) is 69.5 cm³/mol. The zero-order chi connectivity index (χ0) is 10.1. The maximum Gasteiger partial charge on any atom is 0.151 e. The molecule has 1 nitrogen and oxygen atoms in total. The van der Waals surface area contributed by atoms with Crippen LogP contribution in [0.3, 0.4) is 0 Å². The van der Waals surface area contributed by atoms with E-state index in [9.17, 15) is 4.79 Å². The smallest absolute Gasteiger partial charge is 0.151 e. The van der Waals surface area contributed by atoms with Crippen molar-refractivity contribution in [2.24, 2.45) is 0 Å². The highest BCUT2D eigenvalue weighted by Crippen LogP contribution is 2.34. The molecule has 0 aliphatic rings. The van der Waals surface area contributed by atoms with Crippen molar-refractivity contribution in [2.75, 3.05) is 0 Å². The van der Waals surface area contributed by atoms with E-state index in [1.165, 1.54) is 0 Å². The van der Waals surface area contributed by atoms with Crippen LogP contribution in [0.25, 0.3) is 10.1 Å². The fraction of sp³-hybridized carbons (Fsp3) is 0.100. The molecule has 0 aliphatic carbocycles. The van der Waals surface area contributed by atoms with Crippen LogP contribution in [0.1, 0.15) is 15.2 Å². The third kappa shape index (κ3) is 1.57. The van der Waals surface area contributed by atoms with Gasteiger partial charge in [-0.1, -0.05) is 6.07 Å². The lowest BCUT2D eigenvalue weighted by molar-refractivity contribution is 0.112. The number of hydrogen-bond acceptors (Lipinski definition) is 2. The Labute approximate surface area is 104 Å². The number of carbonyl (C=O) groups excluding carboxylic acids is 1. The van der Waals surface area contributed by atoms with Gasteiger partial charge in [0, 0.05) is 24.1 Å². The van der Waals surface area contributed by atoms with Gasteiger partial charge in [0.2, 0.25) is 0 Å². The second-order valence-electron chi connectivity index (χ2n) is 2.80. The summed E-state index contributed by atoms with van der Waals surface area (Å²) >= 11 is 9.62. The molecule has 0 unspecified atom stereocenters. The molecule has 72 valence electrons. The monoisotopic (exact) mass is 336 g/mol. The van der Waals surface area contributed by atoms with Gasteiger partial charge in [0.25, 0.3) is 0 Å². The third-order valence-corrected chi connectivity index (χ3v) is 4.51. The van der Waals surface area contributed by atoms with E-state index in [1.807, 2.05) is 18.2 Å². The van der Waals surface area contributed by atoms with E-state index in [0.29, 0.717) is 5.88 Å². The van der Waals surface area contributed by atoms with E-state index in [1.54, 1.807) is 11.3 Å². The van der Waals surface area contributed by atoms with Crippen LogP contribution in [0.15, 0.2) is 18.2 Å². The Bertz CT molecular complexity index is 492. The van der Waals surface area contributed by atoms with E-state index in [0.717, 1.165) is 30.4 Å². The summed E-state index contributed by atoms with van der Waals surface area (Å²) in [5.74, 6) is 0.406. The first kappa shape index (κ1) is 10.4. The summed E-state index contributed by atoms with van der Waals surface area (Å²) < 4.78 is 2.24. The van der Waals surface area contributed by atoms with Crippen molar-refractivity contribution in [3.05, 3.63) is 32.2 Å². The second-order valence-corrected chi connectivity index (χ2v) is 5.37. The average Bonchev–Trinajstić information content (AvgIpc) is 2.56. The zero-order valence-corrected chi connectivity index (χ0v) is 10.8. The minimum Gasteiger partial charge on any atom is -0.298 e. The van der Waals surface area contributed by atoms with Gasteiger partial charge in [-0.2, -0.15) is 0 Å². The molecule has 2 aromatic rings. The highest BCUT2D eigenvalue weighted by atomic mass is 127. The quantitative estimate of drug-likeness (QED) is 0.459. The number of hydrogen-bond donors (Lipinski definition) is 0. The van der Waals surface area contributed by atoms with Gasteiger partial charge in [0.1, 0.15) is 0 Å². The number of rotatable bonds is 2. The van der Waals surface area contributed by atoms with Crippen LogP contribution < -0.4 is 0 Å². The molecule has 1 heterocycles. The van der Waals surface area contributed by atoms with Crippen molar-refractivity contribution in [2.45, 2.75) is 5.88 Å². The van der Waals surface area contributed by atoms with Crippen molar-refractivity contribution < 1.29 is 4.79 Å². The van der Waals surface area contributed by atoms with Gasteiger partial charge < -0.3 is 0 Å². The van der Waals surface area contributed by atoms with Gasteiger partial charge in [-0.15, -0.1) is 22.9 Å². The molecule has 4 heteroatoms. The molecule has 0 radical (unpaired) electrons. The molecule has 1 aromatic heterocycles. The molecule has 0 bridgehead atoms. The van der Waals surface area contributed by atoms with Crippen LogP contribution in [-0.2, 0) is 5.88 Å². The zero-order valence-electron chi connectivity index (χ0n) is 7.09. The van der Waals surface area contributed by atoms with Crippen LogP contribution in [-0.4, -0.2) is 6.29 Å². The fourth-order valence-corrected chi connectivity index (χ4v) is 3.73. The highest BCUT2D eigenvalue weighted by molar-refractivity contribution is 14.1. The van der Waals surface area contributed by atoms with Crippen LogP contribution >= 0.6 is 45.5 Å². The lowest BCUT2D eigenvalue weighted by atomic mass is 10.1. The topological polar surface area (TPSA) is 17.1 Å². The van der Waals surface area contributed by atoms with Gasteiger partial charge in [-0.25, -0.2) is 0 Å². The summed E-state index contributed by atoms with van der Waals surface area (Å²) in [5, 5.41) is 1.05. The first-order chi connectivity index (χ1) is 6.77. The lowest BCUT2D eigenvalue weighted by Gasteiger charge is -1.94. The van der Waals surface area contributed by atoms with Crippen molar-refractivity contribution >= 4 is 61.9 Å². The third-order valence-electron chi connectivity index (χ3n) is 2.02. The maximum absolute atomic E-state index is 11.0. The molecule has 0 atom stereocenters. The van der Waals surface area contributed by atoms with Crippen LogP contribution in [0, 0.1) is 3.57 Å². The van der Waals surface area contributed by atoms with Crippen molar-refractivity contribution in [1.29, 1.82) is 0 Å². The molecule has 14 heavy (non-hydrogen) atoms. The Morgan fingerprint density at radius 1 is 1.50 bits per heavy atom. The number of alkyl halides is 1. The number of carbonyl (C=O) groups is 1. The van der Waals surface area contributed by atoms with Gasteiger partial charge >= 0.3 is 0 Å². The number of aldehydes is 1. The van der Waals surface area contributed by atoms with Crippen LogP contribution in [0.4, 0.5) is 0 Å². The summed E-state index contributed by atoms with van der Waals surface area (Å²) in [7, 11) is 0. The summed E-state index contributed by atoms with van der Waals surface area (Å²) in [4.78, 5) is 11.9. The molecule has 0 spiro atoms. The van der Waals surface area contributed by atoms with Gasteiger partial charge in [0.15, 0.2) is 6.29 Å². The highest BCUT2D eigenvalue weighted by Gasteiger charge is 2.12. The first-order valence-electron chi connectivity index (χ1n) is 3.99. The van der Waals surface area contributed by atoms with Gasteiger partial charge in [0.05, 0.1) is 5.88 Å². The number of fused-ring (bicyclic) bond motifs is 1. The Balaban J connectivity index is 2.88. The molecule has 0 aliphatic heterocycles. The molecule has 0 amide bonds. The average molecular weight is 337 g/mol. The fourth-order valence-electron chi connectivity index (χ4n) is 1.40. The molecular weight excluding hydrogens is 331 g/mol. The van der Waals surface area contributed by atoms with E-state index in [2.05, 4.69) is 22.6 Å². The van der Waals surface area contributed by atoms with Crippen molar-refractivity contribution in [3.8, 4) is 0 Å². The molecule has 0 saturated heterocycles. The maximum atomic E-state index is 11.0. The van der Waals surface area contributed by atoms with Crippen molar-refractivity contribution in [3.63, 3.8) is 0 Å². The second kappa shape index (κ2) is 4.16. The van der Waals surface area contributed by atoms with Gasteiger partial charge in [-0.3, -0.25) is 4.79 Å². The Morgan fingerprint density at radius 3 is 2.93 bits per heavy atom. The summed E-state index contributed by atoms with van der Waals surface area (Å²) in [6.07, 6.45) is 0.901. The van der Waals surface area contributed by atoms with E-state index >= 15 is 0 Å². The van der Waals surface area contributed by atoms with Crippen LogP contribution in [0.2, 0.25) is 0 Å². The minimum absolute atomic E-state index is 0.406. The molecule has 0 N–H and O–H groups in total. The summed E-state index contributed by atoms with van der Waals surface area (Å²) in [5.41, 5.74) is 0.755. The summed E-state index contributed by atoms with van der Waals surface area (Å²) in [6, 6.07) is 6.01. The SMILES string of the molecule is O=Cc1c(CCl)sc2cccc(I)c12. The summed E-state index contributed by atoms with van der Waals surface area (Å²) in [6.45, 7) is 0. The van der Waals surface area contributed by atoms with E-state index < -0.39 is 0 Å². The van der Waals surface area contributed by atoms with Crippen LogP contribution in [0.5, 0.6) is 0 Å². The standard InChI is InChI=1S/C10H6ClIOS/c11-4-9-6(5-13)10-7(12)2-1-3-8(10)14-9/h1-3,5H,4H2. The van der Waals surface area contributed by atoms with E-state index in [4.69, 9.17) is 11.6 Å². The lowest BCUT2D eigenvalue weighted by Crippen LogP contribution is -1.83. The first-order valence-corrected chi connectivity index (χ1v) is 6.42. The number of halogens is 2. The Morgan fingerprint density at radius 2 is 2.29 bits per heavy atom. The Hall–Kier alpha value is -0.130. The number of benzene rings is 1. The van der Waals surface area contributed by atoms with Crippen molar-refractivity contribution in [1.82, 2.24) is 0 Å². The van der Waals surface area contributed by atoms with E-state index in [-0.39, 0.29) is 0 Å². The molecule has 2 rings (SSSR count). The minimum atomic E-state index is 0.406. The number of thiophene rings is 1. The molecule has 0 saturated carbocycles.